The molecule has 0 aromatic carbocycles. The molecule has 4 heteroatoms. The van der Waals surface area contributed by atoms with Crippen LogP contribution in [0.3, 0.4) is 0 Å². The molecule has 3 rings (SSSR count). The lowest BCUT2D eigenvalue weighted by atomic mass is 9.78. The Hall–Kier alpha value is -1.09. The fourth-order valence-electron chi connectivity index (χ4n) is 3.72. The van der Waals surface area contributed by atoms with Crippen LogP contribution in [0.5, 0.6) is 0 Å². The van der Waals surface area contributed by atoms with E-state index >= 15 is 0 Å². The highest BCUT2D eigenvalue weighted by atomic mass is 35.5. The summed E-state index contributed by atoms with van der Waals surface area (Å²) in [5.74, 6) is 0.762. The van der Waals surface area contributed by atoms with Gasteiger partial charge in [-0.05, 0) is 44.6 Å². The lowest BCUT2D eigenvalue weighted by molar-refractivity contribution is 0.0390. The third kappa shape index (κ3) is 2.56. The molecule has 0 N–H and O–H groups in total. The first-order chi connectivity index (χ1) is 9.66. The Morgan fingerprint density at radius 3 is 2.85 bits per heavy atom. The predicted molar refractivity (Wildman–Crippen MR) is 80.0 cm³/mol. The fourth-order valence-corrected chi connectivity index (χ4v) is 4.00. The highest BCUT2D eigenvalue weighted by molar-refractivity contribution is 6.33. The van der Waals surface area contributed by atoms with Crippen LogP contribution in [-0.2, 0) is 0 Å². The topological polar surface area (TPSA) is 33.2 Å². The van der Waals surface area contributed by atoms with Gasteiger partial charge in [-0.25, -0.2) is 0 Å². The molecule has 2 unspecified atom stereocenters. The third-order valence-corrected chi connectivity index (χ3v) is 5.04. The summed E-state index contributed by atoms with van der Waals surface area (Å²) in [6.07, 6.45) is 8.99. The van der Waals surface area contributed by atoms with Crippen LogP contribution in [-0.4, -0.2) is 28.4 Å². The number of halogens is 1. The van der Waals surface area contributed by atoms with Gasteiger partial charge in [0.25, 0.3) is 5.91 Å². The van der Waals surface area contributed by atoms with Crippen molar-refractivity contribution in [3.05, 3.63) is 28.5 Å². The van der Waals surface area contributed by atoms with Crippen LogP contribution in [0.2, 0.25) is 5.02 Å². The molecule has 0 bridgehead atoms. The minimum atomic E-state index is 0.0686. The second kappa shape index (κ2) is 5.72. The number of carbonyl (C=O) groups excluding carboxylic acids is 1. The summed E-state index contributed by atoms with van der Waals surface area (Å²) in [7, 11) is 0. The molecule has 2 aliphatic rings. The molecular formula is C16H21ClN2O. The van der Waals surface area contributed by atoms with Crippen molar-refractivity contribution in [2.75, 3.05) is 6.54 Å². The van der Waals surface area contributed by atoms with Crippen molar-refractivity contribution in [2.45, 2.75) is 51.5 Å². The van der Waals surface area contributed by atoms with E-state index in [1.807, 2.05) is 6.92 Å². The number of rotatable bonds is 1. The van der Waals surface area contributed by atoms with Gasteiger partial charge < -0.3 is 4.90 Å². The molecule has 2 atom stereocenters. The van der Waals surface area contributed by atoms with E-state index in [0.29, 0.717) is 22.5 Å². The van der Waals surface area contributed by atoms with Crippen LogP contribution >= 0.6 is 11.6 Å². The summed E-state index contributed by atoms with van der Waals surface area (Å²) >= 11 is 6.23. The standard InChI is InChI=1S/C16H21ClN2O/c1-11-9-14(17)13(10-18-11)16(20)19-8-4-6-12-5-2-3-7-15(12)19/h9-10,12,15H,2-8H2,1H3. The van der Waals surface area contributed by atoms with Crippen molar-refractivity contribution in [3.63, 3.8) is 0 Å². The molecule has 1 saturated heterocycles. The number of hydrogen-bond donors (Lipinski definition) is 0. The Labute approximate surface area is 125 Å². The molecule has 1 aromatic rings. The van der Waals surface area contributed by atoms with E-state index in [1.54, 1.807) is 12.3 Å². The summed E-state index contributed by atoms with van der Waals surface area (Å²) in [5.41, 5.74) is 1.41. The molecular weight excluding hydrogens is 272 g/mol. The molecule has 2 fully saturated rings. The molecule has 20 heavy (non-hydrogen) atoms. The molecule has 1 aromatic heterocycles. The number of carbonyl (C=O) groups is 1. The van der Waals surface area contributed by atoms with Gasteiger partial charge >= 0.3 is 0 Å². The van der Waals surface area contributed by atoms with Crippen LogP contribution in [0.4, 0.5) is 0 Å². The van der Waals surface area contributed by atoms with Crippen molar-refractivity contribution in [3.8, 4) is 0 Å². The molecule has 1 amide bonds. The largest absolute Gasteiger partial charge is 0.335 e. The monoisotopic (exact) mass is 292 g/mol. The van der Waals surface area contributed by atoms with Crippen molar-refractivity contribution in [2.24, 2.45) is 5.92 Å². The second-order valence-electron chi connectivity index (χ2n) is 6.06. The Kier molecular flexibility index (Phi) is 3.97. The van der Waals surface area contributed by atoms with Crippen LogP contribution in [0, 0.1) is 12.8 Å². The van der Waals surface area contributed by atoms with Gasteiger partial charge in [-0.15, -0.1) is 0 Å². The van der Waals surface area contributed by atoms with Crippen molar-refractivity contribution < 1.29 is 4.79 Å². The van der Waals surface area contributed by atoms with E-state index in [0.717, 1.165) is 25.1 Å². The van der Waals surface area contributed by atoms with E-state index in [4.69, 9.17) is 11.6 Å². The van der Waals surface area contributed by atoms with E-state index in [9.17, 15) is 4.79 Å². The van der Waals surface area contributed by atoms with Gasteiger partial charge in [0.05, 0.1) is 10.6 Å². The molecule has 2 heterocycles. The van der Waals surface area contributed by atoms with Gasteiger partial charge in [-0.1, -0.05) is 24.4 Å². The first-order valence-electron chi connectivity index (χ1n) is 7.60. The Morgan fingerprint density at radius 1 is 1.30 bits per heavy atom. The highest BCUT2D eigenvalue weighted by Crippen LogP contribution is 2.36. The minimum Gasteiger partial charge on any atom is -0.335 e. The third-order valence-electron chi connectivity index (χ3n) is 4.72. The molecule has 1 saturated carbocycles. The van der Waals surface area contributed by atoms with Crippen molar-refractivity contribution >= 4 is 17.5 Å². The zero-order chi connectivity index (χ0) is 14.1. The Bertz CT molecular complexity index is 515. The van der Waals surface area contributed by atoms with Crippen LogP contribution in [0.25, 0.3) is 0 Å². The summed E-state index contributed by atoms with van der Waals surface area (Å²) in [4.78, 5) is 19.1. The van der Waals surface area contributed by atoms with E-state index in [1.165, 1.54) is 25.7 Å². The first kappa shape index (κ1) is 13.9. The van der Waals surface area contributed by atoms with Crippen LogP contribution in [0.15, 0.2) is 12.3 Å². The average Bonchev–Trinajstić information content (AvgIpc) is 2.46. The molecule has 0 radical (unpaired) electrons. The summed E-state index contributed by atoms with van der Waals surface area (Å²) < 4.78 is 0. The van der Waals surface area contributed by atoms with Gasteiger partial charge in [-0.3, -0.25) is 9.78 Å². The predicted octanol–water partition coefficient (Wildman–Crippen LogP) is 3.84. The molecule has 0 spiro atoms. The summed E-state index contributed by atoms with van der Waals surface area (Å²) in [6, 6.07) is 2.19. The smallest absolute Gasteiger partial charge is 0.257 e. The number of likely N-dealkylation sites (tertiary alicyclic amines) is 1. The normalized spacial score (nSPS) is 26.2. The molecule has 108 valence electrons. The van der Waals surface area contributed by atoms with E-state index < -0.39 is 0 Å². The van der Waals surface area contributed by atoms with Gasteiger partial charge in [0.1, 0.15) is 0 Å². The number of nitrogens with zero attached hydrogens (tertiary/aromatic N) is 2. The van der Waals surface area contributed by atoms with E-state index in [2.05, 4.69) is 9.88 Å². The van der Waals surface area contributed by atoms with Crippen LogP contribution in [0.1, 0.15) is 54.6 Å². The number of piperidine rings is 1. The maximum absolute atomic E-state index is 12.8. The number of amides is 1. The van der Waals surface area contributed by atoms with Crippen molar-refractivity contribution in [1.29, 1.82) is 0 Å². The number of aryl methyl sites for hydroxylation is 1. The zero-order valence-corrected chi connectivity index (χ0v) is 12.7. The number of fused-ring (bicyclic) bond motifs is 1. The van der Waals surface area contributed by atoms with Crippen molar-refractivity contribution in [1.82, 2.24) is 9.88 Å². The average molecular weight is 293 g/mol. The van der Waals surface area contributed by atoms with Gasteiger partial charge in [0, 0.05) is 24.5 Å². The zero-order valence-electron chi connectivity index (χ0n) is 11.9. The molecule has 1 aliphatic heterocycles. The summed E-state index contributed by atoms with van der Waals surface area (Å²) in [6.45, 7) is 2.75. The maximum Gasteiger partial charge on any atom is 0.257 e. The second-order valence-corrected chi connectivity index (χ2v) is 6.47. The summed E-state index contributed by atoms with van der Waals surface area (Å²) in [5, 5.41) is 0.528. The van der Waals surface area contributed by atoms with E-state index in [-0.39, 0.29) is 5.91 Å². The van der Waals surface area contributed by atoms with Gasteiger partial charge in [-0.2, -0.15) is 0 Å². The lowest BCUT2D eigenvalue weighted by Crippen LogP contribution is -2.49. The quantitative estimate of drug-likeness (QED) is 0.788. The first-order valence-corrected chi connectivity index (χ1v) is 7.98. The molecule has 1 aliphatic carbocycles. The Morgan fingerprint density at radius 2 is 2.05 bits per heavy atom. The van der Waals surface area contributed by atoms with Crippen LogP contribution < -0.4 is 0 Å². The van der Waals surface area contributed by atoms with Gasteiger partial charge in [0.2, 0.25) is 0 Å². The van der Waals surface area contributed by atoms with Gasteiger partial charge in [0.15, 0.2) is 0 Å². The maximum atomic E-state index is 12.8. The fraction of sp³-hybridized carbons (Fsp3) is 0.625. The SMILES string of the molecule is Cc1cc(Cl)c(C(=O)N2CCCC3CCCCC32)cn1. The number of pyridine rings is 1. The highest BCUT2D eigenvalue weighted by Gasteiger charge is 2.36. The minimum absolute atomic E-state index is 0.0686. The molecule has 3 nitrogen and oxygen atoms in total. The lowest BCUT2D eigenvalue weighted by Gasteiger charge is -2.44. The number of aromatic nitrogens is 1. The Balaban J connectivity index is 1.85. The number of hydrogen-bond acceptors (Lipinski definition) is 2.